The summed E-state index contributed by atoms with van der Waals surface area (Å²) in [6, 6.07) is 18.9. The van der Waals surface area contributed by atoms with Gasteiger partial charge in [-0.15, -0.1) is 0 Å². The van der Waals surface area contributed by atoms with Crippen LogP contribution < -0.4 is 16.4 Å². The fraction of sp³-hybridized carbons (Fsp3) is 0.250. The van der Waals surface area contributed by atoms with Crippen LogP contribution in [0, 0.1) is 6.92 Å². The number of amides is 3. The number of fused-ring (bicyclic) bond motifs is 1. The van der Waals surface area contributed by atoms with E-state index in [2.05, 4.69) is 10.6 Å². The second-order valence-electron chi connectivity index (χ2n) is 8.07. The van der Waals surface area contributed by atoms with Gasteiger partial charge >= 0.3 is 6.03 Å². The normalized spacial score (nSPS) is 16.5. The second-order valence-corrected chi connectivity index (χ2v) is 9.96. The highest BCUT2D eigenvalue weighted by Crippen LogP contribution is 2.28. The SMILES string of the molecule is Cc1cccc(NC(=O)N2CCN(S(=O)(=O)c3ccc4ccccc4c3)C2C(=O)NCCN)c1. The van der Waals surface area contributed by atoms with Crippen LogP contribution in [0.5, 0.6) is 0 Å². The van der Waals surface area contributed by atoms with Gasteiger partial charge in [-0.25, -0.2) is 13.2 Å². The molecule has 0 aliphatic carbocycles. The minimum Gasteiger partial charge on any atom is -0.352 e. The predicted molar refractivity (Wildman–Crippen MR) is 131 cm³/mol. The fourth-order valence-corrected chi connectivity index (χ4v) is 5.59. The van der Waals surface area contributed by atoms with Crippen molar-refractivity contribution in [3.05, 3.63) is 72.3 Å². The van der Waals surface area contributed by atoms with E-state index in [1.54, 1.807) is 30.3 Å². The molecule has 3 amide bonds. The zero-order chi connectivity index (χ0) is 24.3. The summed E-state index contributed by atoms with van der Waals surface area (Å²) in [5, 5.41) is 7.05. The number of nitrogens with zero attached hydrogens (tertiary/aromatic N) is 2. The predicted octanol–water partition coefficient (Wildman–Crippen LogP) is 2.09. The number of sulfonamides is 1. The first-order valence-corrected chi connectivity index (χ1v) is 12.4. The van der Waals surface area contributed by atoms with Crippen LogP contribution in [0.15, 0.2) is 71.6 Å². The van der Waals surface area contributed by atoms with Crippen LogP contribution in [0.25, 0.3) is 10.8 Å². The number of hydrogen-bond donors (Lipinski definition) is 3. The molecule has 10 heteroatoms. The molecule has 1 fully saturated rings. The van der Waals surface area contributed by atoms with Crippen LogP contribution in [0.1, 0.15) is 5.56 Å². The third-order valence-corrected chi connectivity index (χ3v) is 7.51. The van der Waals surface area contributed by atoms with Crippen LogP contribution in [0.4, 0.5) is 10.5 Å². The highest BCUT2D eigenvalue weighted by atomic mass is 32.2. The Morgan fingerprint density at radius 1 is 1.00 bits per heavy atom. The topological polar surface area (TPSA) is 125 Å². The molecule has 3 aromatic rings. The number of carbonyl (C=O) groups excluding carboxylic acids is 2. The van der Waals surface area contributed by atoms with Crippen molar-refractivity contribution in [2.75, 3.05) is 31.5 Å². The summed E-state index contributed by atoms with van der Waals surface area (Å²) in [5.74, 6) is -0.605. The Balaban J connectivity index is 1.66. The second kappa shape index (κ2) is 9.80. The monoisotopic (exact) mass is 481 g/mol. The van der Waals surface area contributed by atoms with Crippen molar-refractivity contribution in [1.29, 1.82) is 0 Å². The number of nitrogens with one attached hydrogen (secondary N) is 2. The minimum atomic E-state index is -4.08. The number of aryl methyl sites for hydroxylation is 1. The molecule has 0 saturated carbocycles. The van der Waals surface area contributed by atoms with Gasteiger partial charge in [0.05, 0.1) is 4.90 Å². The lowest BCUT2D eigenvalue weighted by molar-refractivity contribution is -0.127. The number of rotatable bonds is 6. The molecule has 4 N–H and O–H groups in total. The van der Waals surface area contributed by atoms with Gasteiger partial charge in [-0.3, -0.25) is 9.69 Å². The molecule has 0 spiro atoms. The lowest BCUT2D eigenvalue weighted by Crippen LogP contribution is -2.55. The van der Waals surface area contributed by atoms with Crippen molar-refractivity contribution in [2.24, 2.45) is 5.73 Å². The van der Waals surface area contributed by atoms with E-state index in [0.717, 1.165) is 20.6 Å². The molecular formula is C24H27N5O4S. The van der Waals surface area contributed by atoms with Crippen LogP contribution in [0.3, 0.4) is 0 Å². The number of nitrogens with two attached hydrogens (primary N) is 1. The molecule has 1 atom stereocenters. The molecule has 1 aliphatic heterocycles. The fourth-order valence-electron chi connectivity index (χ4n) is 4.01. The average Bonchev–Trinajstić information content (AvgIpc) is 3.29. The third-order valence-electron chi connectivity index (χ3n) is 5.67. The van der Waals surface area contributed by atoms with Gasteiger partial charge < -0.3 is 16.4 Å². The van der Waals surface area contributed by atoms with Crippen molar-refractivity contribution in [3.63, 3.8) is 0 Å². The Hall–Kier alpha value is -3.47. The Morgan fingerprint density at radius 3 is 2.50 bits per heavy atom. The van der Waals surface area contributed by atoms with Crippen LogP contribution in [-0.2, 0) is 14.8 Å². The lowest BCUT2D eigenvalue weighted by Gasteiger charge is -2.29. The molecule has 0 bridgehead atoms. The summed E-state index contributed by atoms with van der Waals surface area (Å²) in [6.45, 7) is 2.28. The Labute approximate surface area is 198 Å². The molecular weight excluding hydrogens is 454 g/mol. The van der Waals surface area contributed by atoms with Crippen molar-refractivity contribution < 1.29 is 18.0 Å². The number of carbonyl (C=O) groups is 2. The van der Waals surface area contributed by atoms with Gasteiger partial charge in [0.25, 0.3) is 5.91 Å². The van der Waals surface area contributed by atoms with Crippen molar-refractivity contribution in [1.82, 2.24) is 14.5 Å². The van der Waals surface area contributed by atoms with Crippen molar-refractivity contribution in [3.8, 4) is 0 Å². The van der Waals surface area contributed by atoms with Gasteiger partial charge in [-0.05, 0) is 47.5 Å². The van der Waals surface area contributed by atoms with Crippen LogP contribution in [0.2, 0.25) is 0 Å². The summed E-state index contributed by atoms with van der Waals surface area (Å²) in [4.78, 5) is 27.4. The smallest absolute Gasteiger partial charge is 0.323 e. The molecule has 1 heterocycles. The quantitative estimate of drug-likeness (QED) is 0.497. The lowest BCUT2D eigenvalue weighted by atomic mass is 10.1. The minimum absolute atomic E-state index is 0.0168. The van der Waals surface area contributed by atoms with Gasteiger partial charge in [-0.1, -0.05) is 42.5 Å². The first-order valence-electron chi connectivity index (χ1n) is 10.9. The van der Waals surface area contributed by atoms with E-state index >= 15 is 0 Å². The molecule has 9 nitrogen and oxygen atoms in total. The molecule has 1 unspecified atom stereocenters. The van der Waals surface area contributed by atoms with Gasteiger partial charge in [0, 0.05) is 31.9 Å². The van der Waals surface area contributed by atoms with E-state index in [4.69, 9.17) is 5.73 Å². The van der Waals surface area contributed by atoms with E-state index < -0.39 is 28.1 Å². The number of anilines is 1. The zero-order valence-electron chi connectivity index (χ0n) is 18.8. The number of urea groups is 1. The van der Waals surface area contributed by atoms with E-state index in [1.807, 2.05) is 37.3 Å². The average molecular weight is 482 g/mol. The largest absolute Gasteiger partial charge is 0.352 e. The Kier molecular flexibility index (Phi) is 6.82. The van der Waals surface area contributed by atoms with Crippen LogP contribution in [-0.4, -0.2) is 61.9 Å². The maximum atomic E-state index is 13.6. The Bertz CT molecular complexity index is 1330. The maximum Gasteiger partial charge on any atom is 0.323 e. The first-order chi connectivity index (χ1) is 16.3. The van der Waals surface area contributed by atoms with E-state index in [-0.39, 0.29) is 31.1 Å². The van der Waals surface area contributed by atoms with E-state index in [9.17, 15) is 18.0 Å². The molecule has 0 aromatic heterocycles. The number of benzene rings is 3. The molecule has 0 radical (unpaired) electrons. The maximum absolute atomic E-state index is 13.6. The van der Waals surface area contributed by atoms with Crippen LogP contribution >= 0.6 is 0 Å². The molecule has 1 saturated heterocycles. The summed E-state index contributed by atoms with van der Waals surface area (Å²) in [5.41, 5.74) is 7.02. The van der Waals surface area contributed by atoms with Crippen molar-refractivity contribution >= 4 is 38.4 Å². The number of hydrogen-bond acceptors (Lipinski definition) is 5. The first kappa shape index (κ1) is 23.7. The molecule has 3 aromatic carbocycles. The third kappa shape index (κ3) is 4.74. The molecule has 178 valence electrons. The highest BCUT2D eigenvalue weighted by Gasteiger charge is 2.46. The summed E-state index contributed by atoms with van der Waals surface area (Å²) in [6.07, 6.45) is -1.34. The summed E-state index contributed by atoms with van der Waals surface area (Å²) >= 11 is 0. The van der Waals surface area contributed by atoms with Gasteiger partial charge in [0.1, 0.15) is 0 Å². The molecule has 4 rings (SSSR count). The summed E-state index contributed by atoms with van der Waals surface area (Å²) < 4.78 is 28.3. The summed E-state index contributed by atoms with van der Waals surface area (Å²) in [7, 11) is -4.08. The van der Waals surface area contributed by atoms with E-state index in [0.29, 0.717) is 5.69 Å². The molecule has 1 aliphatic rings. The van der Waals surface area contributed by atoms with Gasteiger partial charge in [-0.2, -0.15) is 4.31 Å². The van der Waals surface area contributed by atoms with Gasteiger partial charge in [0.2, 0.25) is 10.0 Å². The standard InChI is InChI=1S/C24H27N5O4S/c1-17-5-4-8-20(15-17)27-24(31)28-13-14-29(23(28)22(30)26-12-11-25)34(32,33)21-10-9-18-6-2-3-7-19(18)16-21/h2-10,15-16,23H,11-14,25H2,1H3,(H,26,30)(H,27,31). The van der Waals surface area contributed by atoms with Gasteiger partial charge in [0.15, 0.2) is 6.17 Å². The Morgan fingerprint density at radius 2 is 1.76 bits per heavy atom. The zero-order valence-corrected chi connectivity index (χ0v) is 19.6. The molecule has 34 heavy (non-hydrogen) atoms. The highest BCUT2D eigenvalue weighted by molar-refractivity contribution is 7.89. The van der Waals surface area contributed by atoms with Crippen molar-refractivity contribution in [2.45, 2.75) is 18.0 Å². The van der Waals surface area contributed by atoms with E-state index in [1.165, 1.54) is 11.0 Å².